The first-order valence-corrected chi connectivity index (χ1v) is 9.00. The molecule has 1 saturated heterocycles. The number of furan rings is 1. The zero-order valence-corrected chi connectivity index (χ0v) is 13.2. The number of carbonyl (C=O) groups is 1. The average Bonchev–Trinajstić information content (AvgIpc) is 3.06. The molecule has 5 nitrogen and oxygen atoms in total. The fraction of sp³-hybridized carbons (Fsp3) is 0.267. The van der Waals surface area contributed by atoms with E-state index in [0.29, 0.717) is 22.8 Å². The zero-order valence-electron chi connectivity index (χ0n) is 11.6. The fourth-order valence-electron chi connectivity index (χ4n) is 2.43. The van der Waals surface area contributed by atoms with Gasteiger partial charge in [-0.3, -0.25) is 4.79 Å². The number of rotatable bonds is 3. The van der Waals surface area contributed by atoms with Crippen molar-refractivity contribution in [1.29, 1.82) is 0 Å². The van der Waals surface area contributed by atoms with E-state index >= 15 is 0 Å². The second-order valence-corrected chi connectivity index (χ2v) is 7.85. The van der Waals surface area contributed by atoms with Gasteiger partial charge in [0, 0.05) is 11.6 Å². The van der Waals surface area contributed by atoms with Crippen LogP contribution in [-0.2, 0) is 9.84 Å². The summed E-state index contributed by atoms with van der Waals surface area (Å²) in [6.45, 7) is 0. The van der Waals surface area contributed by atoms with E-state index in [-0.39, 0.29) is 23.3 Å². The average molecular weight is 340 g/mol. The Morgan fingerprint density at radius 2 is 2.00 bits per heavy atom. The molecule has 1 N–H and O–H groups in total. The number of amides is 1. The van der Waals surface area contributed by atoms with Crippen molar-refractivity contribution in [2.75, 3.05) is 11.5 Å². The highest BCUT2D eigenvalue weighted by atomic mass is 35.5. The first-order chi connectivity index (χ1) is 10.4. The maximum Gasteiger partial charge on any atom is 0.287 e. The standard InChI is InChI=1S/C15H14ClNO4S/c16-12-4-2-1-3-11(12)13-5-6-14(21-13)15(18)17-10-7-8-22(19,20)9-10/h1-6,10H,7-9H2,(H,17,18)/t10-/m0/s1. The lowest BCUT2D eigenvalue weighted by atomic mass is 10.2. The molecule has 0 spiro atoms. The van der Waals surface area contributed by atoms with Gasteiger partial charge in [0.15, 0.2) is 15.6 Å². The minimum atomic E-state index is -3.03. The van der Waals surface area contributed by atoms with Crippen molar-refractivity contribution in [3.05, 3.63) is 47.2 Å². The number of halogens is 1. The SMILES string of the molecule is O=C(N[C@H]1CCS(=O)(=O)C1)c1ccc(-c2ccccc2Cl)o1. The number of hydrogen-bond acceptors (Lipinski definition) is 4. The highest BCUT2D eigenvalue weighted by Crippen LogP contribution is 2.29. The summed E-state index contributed by atoms with van der Waals surface area (Å²) in [6.07, 6.45) is 0.437. The Morgan fingerprint density at radius 1 is 1.23 bits per heavy atom. The normalized spacial score (nSPS) is 20.0. The van der Waals surface area contributed by atoms with Gasteiger partial charge in [0.1, 0.15) is 5.76 Å². The molecule has 116 valence electrons. The van der Waals surface area contributed by atoms with Gasteiger partial charge in [-0.25, -0.2) is 8.42 Å². The molecule has 22 heavy (non-hydrogen) atoms. The fourth-order valence-corrected chi connectivity index (χ4v) is 4.33. The molecular weight excluding hydrogens is 326 g/mol. The van der Waals surface area contributed by atoms with E-state index in [4.69, 9.17) is 16.0 Å². The van der Waals surface area contributed by atoms with Gasteiger partial charge in [-0.2, -0.15) is 0 Å². The third kappa shape index (κ3) is 3.18. The molecular formula is C15H14ClNO4S. The molecule has 7 heteroatoms. The van der Waals surface area contributed by atoms with Crippen molar-refractivity contribution in [2.24, 2.45) is 0 Å². The van der Waals surface area contributed by atoms with Gasteiger partial charge in [0.25, 0.3) is 5.91 Å². The molecule has 1 fully saturated rings. The zero-order chi connectivity index (χ0) is 15.7. The summed E-state index contributed by atoms with van der Waals surface area (Å²) < 4.78 is 28.3. The quantitative estimate of drug-likeness (QED) is 0.932. The van der Waals surface area contributed by atoms with Gasteiger partial charge >= 0.3 is 0 Å². The first kappa shape index (κ1) is 15.1. The molecule has 1 aliphatic heterocycles. The van der Waals surface area contributed by atoms with Crippen LogP contribution in [0.2, 0.25) is 5.02 Å². The smallest absolute Gasteiger partial charge is 0.287 e. The monoisotopic (exact) mass is 339 g/mol. The molecule has 1 aromatic heterocycles. The second-order valence-electron chi connectivity index (χ2n) is 5.22. The predicted molar refractivity (Wildman–Crippen MR) is 83.7 cm³/mol. The minimum absolute atomic E-state index is 0.0170. The molecule has 2 aromatic rings. The van der Waals surface area contributed by atoms with E-state index in [9.17, 15) is 13.2 Å². The van der Waals surface area contributed by atoms with Crippen LogP contribution in [0.15, 0.2) is 40.8 Å². The lowest BCUT2D eigenvalue weighted by Gasteiger charge is -2.08. The summed E-state index contributed by atoms with van der Waals surface area (Å²) >= 11 is 6.09. The van der Waals surface area contributed by atoms with Gasteiger partial charge in [0.2, 0.25) is 0 Å². The van der Waals surface area contributed by atoms with E-state index in [2.05, 4.69) is 5.32 Å². The number of carbonyl (C=O) groups excluding carboxylic acids is 1. The summed E-state index contributed by atoms with van der Waals surface area (Å²) in [5.41, 5.74) is 0.701. The van der Waals surface area contributed by atoms with Crippen LogP contribution in [0.25, 0.3) is 11.3 Å². The molecule has 1 aliphatic rings. The predicted octanol–water partition coefficient (Wildman–Crippen LogP) is 2.52. The third-order valence-corrected chi connectivity index (χ3v) is 5.63. The van der Waals surface area contributed by atoms with E-state index in [0.717, 1.165) is 0 Å². The second kappa shape index (κ2) is 5.78. The van der Waals surface area contributed by atoms with Gasteiger partial charge in [-0.15, -0.1) is 0 Å². The van der Waals surface area contributed by atoms with E-state index in [1.54, 1.807) is 24.3 Å². The van der Waals surface area contributed by atoms with Crippen LogP contribution in [0.1, 0.15) is 17.0 Å². The van der Waals surface area contributed by atoms with Crippen LogP contribution in [0.5, 0.6) is 0 Å². The Bertz CT molecular complexity index is 812. The molecule has 1 atom stereocenters. The summed E-state index contributed by atoms with van der Waals surface area (Å²) in [6, 6.07) is 10.0. The van der Waals surface area contributed by atoms with Crippen molar-refractivity contribution < 1.29 is 17.6 Å². The topological polar surface area (TPSA) is 76.4 Å². The van der Waals surface area contributed by atoms with Crippen LogP contribution < -0.4 is 5.32 Å². The van der Waals surface area contributed by atoms with Crippen molar-refractivity contribution in [1.82, 2.24) is 5.32 Å². The third-order valence-electron chi connectivity index (χ3n) is 3.54. The summed E-state index contributed by atoms with van der Waals surface area (Å²) in [5, 5.41) is 3.22. The molecule has 3 rings (SSSR count). The number of benzene rings is 1. The molecule has 1 aromatic carbocycles. The Balaban J connectivity index is 1.74. The highest BCUT2D eigenvalue weighted by Gasteiger charge is 2.29. The molecule has 0 radical (unpaired) electrons. The van der Waals surface area contributed by atoms with Crippen molar-refractivity contribution in [2.45, 2.75) is 12.5 Å². The van der Waals surface area contributed by atoms with Gasteiger partial charge in [0.05, 0.1) is 16.5 Å². The van der Waals surface area contributed by atoms with E-state index < -0.39 is 15.7 Å². The van der Waals surface area contributed by atoms with Gasteiger partial charge in [-0.05, 0) is 30.7 Å². The lowest BCUT2D eigenvalue weighted by Crippen LogP contribution is -2.35. The number of hydrogen-bond donors (Lipinski definition) is 1. The molecule has 0 bridgehead atoms. The van der Waals surface area contributed by atoms with Gasteiger partial charge in [-0.1, -0.05) is 23.7 Å². The van der Waals surface area contributed by atoms with Crippen molar-refractivity contribution >= 4 is 27.3 Å². The summed E-state index contributed by atoms with van der Waals surface area (Å²) in [5.74, 6) is 0.312. The first-order valence-electron chi connectivity index (χ1n) is 6.81. The number of nitrogens with one attached hydrogen (secondary N) is 1. The van der Waals surface area contributed by atoms with Crippen LogP contribution in [-0.4, -0.2) is 31.9 Å². The minimum Gasteiger partial charge on any atom is -0.451 e. The summed E-state index contributed by atoms with van der Waals surface area (Å²) in [4.78, 5) is 12.1. The molecule has 0 aliphatic carbocycles. The van der Waals surface area contributed by atoms with Crippen molar-refractivity contribution in [3.8, 4) is 11.3 Å². The molecule has 0 saturated carbocycles. The van der Waals surface area contributed by atoms with Gasteiger partial charge < -0.3 is 9.73 Å². The Morgan fingerprint density at radius 3 is 2.68 bits per heavy atom. The lowest BCUT2D eigenvalue weighted by molar-refractivity contribution is 0.0914. The Hall–Kier alpha value is -1.79. The highest BCUT2D eigenvalue weighted by molar-refractivity contribution is 7.91. The molecule has 2 heterocycles. The van der Waals surface area contributed by atoms with Crippen LogP contribution in [0, 0.1) is 0 Å². The van der Waals surface area contributed by atoms with Crippen LogP contribution in [0.4, 0.5) is 0 Å². The van der Waals surface area contributed by atoms with Crippen molar-refractivity contribution in [3.63, 3.8) is 0 Å². The molecule has 0 unspecified atom stereocenters. The maximum absolute atomic E-state index is 12.1. The number of sulfone groups is 1. The largest absolute Gasteiger partial charge is 0.451 e. The van der Waals surface area contributed by atoms with Crippen LogP contribution >= 0.6 is 11.6 Å². The maximum atomic E-state index is 12.1. The molecule has 1 amide bonds. The Kier molecular flexibility index (Phi) is 3.97. The summed E-state index contributed by atoms with van der Waals surface area (Å²) in [7, 11) is -3.03. The van der Waals surface area contributed by atoms with E-state index in [1.807, 2.05) is 12.1 Å². The Labute approximate surface area is 133 Å². The van der Waals surface area contributed by atoms with E-state index in [1.165, 1.54) is 0 Å². The van der Waals surface area contributed by atoms with Crippen LogP contribution in [0.3, 0.4) is 0 Å².